The molecular weight excluding hydrogens is 224 g/mol. The number of nitrogens with zero attached hydrogens (tertiary/aromatic N) is 2. The van der Waals surface area contributed by atoms with Crippen molar-refractivity contribution in [2.75, 3.05) is 6.61 Å². The fourth-order valence-corrected chi connectivity index (χ4v) is 2.40. The molecule has 0 aromatic carbocycles. The molecule has 1 aliphatic heterocycles. The van der Waals surface area contributed by atoms with Gasteiger partial charge >= 0.3 is 0 Å². The molecule has 0 saturated carbocycles. The highest BCUT2D eigenvalue weighted by Crippen LogP contribution is 2.28. The molecule has 16 heavy (non-hydrogen) atoms. The summed E-state index contributed by atoms with van der Waals surface area (Å²) in [5, 5.41) is 0.733. The van der Waals surface area contributed by atoms with Crippen LogP contribution in [0.4, 0.5) is 0 Å². The van der Waals surface area contributed by atoms with Crippen LogP contribution in [-0.4, -0.2) is 16.0 Å². The fourth-order valence-electron chi connectivity index (χ4n) is 2.19. The van der Waals surface area contributed by atoms with Crippen molar-refractivity contribution in [3.63, 3.8) is 0 Å². The number of halogens is 1. The minimum absolute atomic E-state index is 0.120. The first-order valence-corrected chi connectivity index (χ1v) is 5.97. The van der Waals surface area contributed by atoms with E-state index in [1.54, 1.807) is 0 Å². The first-order chi connectivity index (χ1) is 7.86. The van der Waals surface area contributed by atoms with Gasteiger partial charge in [-0.3, -0.25) is 0 Å². The Labute approximate surface area is 99.0 Å². The molecule has 1 atom stereocenters. The highest BCUT2D eigenvalue weighted by Gasteiger charge is 2.20. The van der Waals surface area contributed by atoms with Crippen LogP contribution < -0.4 is 0 Å². The summed E-state index contributed by atoms with van der Waals surface area (Å²) in [6.07, 6.45) is 7.33. The highest BCUT2D eigenvalue weighted by atomic mass is 35.5. The van der Waals surface area contributed by atoms with Crippen molar-refractivity contribution in [2.24, 2.45) is 0 Å². The minimum atomic E-state index is 0.120. The maximum atomic E-state index is 6.11. The average Bonchev–Trinajstić information content (AvgIpc) is 2.75. The van der Waals surface area contributed by atoms with Gasteiger partial charge in [-0.15, -0.1) is 0 Å². The van der Waals surface area contributed by atoms with E-state index in [1.165, 1.54) is 6.42 Å². The number of imidazole rings is 1. The lowest BCUT2D eigenvalue weighted by Gasteiger charge is -2.21. The van der Waals surface area contributed by atoms with Crippen LogP contribution in [0.5, 0.6) is 0 Å². The van der Waals surface area contributed by atoms with E-state index >= 15 is 0 Å². The van der Waals surface area contributed by atoms with Gasteiger partial charge in [0.15, 0.2) is 0 Å². The Balaban J connectivity index is 2.06. The normalized spacial score (nSPS) is 21.4. The highest BCUT2D eigenvalue weighted by molar-refractivity contribution is 6.33. The molecule has 3 nitrogen and oxygen atoms in total. The molecule has 1 saturated heterocycles. The molecule has 0 aliphatic carbocycles. The van der Waals surface area contributed by atoms with Gasteiger partial charge in [-0.2, -0.15) is 0 Å². The van der Waals surface area contributed by atoms with Gasteiger partial charge in [0.2, 0.25) is 0 Å². The van der Waals surface area contributed by atoms with E-state index in [2.05, 4.69) is 4.98 Å². The van der Waals surface area contributed by atoms with E-state index in [1.807, 2.05) is 28.9 Å². The summed E-state index contributed by atoms with van der Waals surface area (Å²) in [6.45, 7) is 0.833. The second-order valence-electron chi connectivity index (χ2n) is 4.08. The monoisotopic (exact) mass is 236 g/mol. The molecule has 3 rings (SSSR count). The SMILES string of the molecule is Clc1cccn2c(C3CCCCO3)ncc12. The lowest BCUT2D eigenvalue weighted by atomic mass is 10.1. The van der Waals surface area contributed by atoms with Crippen LogP contribution in [0, 0.1) is 0 Å². The molecule has 1 unspecified atom stereocenters. The Morgan fingerprint density at radius 1 is 1.44 bits per heavy atom. The number of fused-ring (bicyclic) bond motifs is 1. The van der Waals surface area contributed by atoms with Crippen LogP contribution in [0.25, 0.3) is 5.52 Å². The van der Waals surface area contributed by atoms with Crippen LogP contribution >= 0.6 is 11.6 Å². The van der Waals surface area contributed by atoms with Crippen LogP contribution in [0.2, 0.25) is 5.02 Å². The van der Waals surface area contributed by atoms with Crippen molar-refractivity contribution in [3.05, 3.63) is 35.4 Å². The quantitative estimate of drug-likeness (QED) is 0.760. The average molecular weight is 237 g/mol. The van der Waals surface area contributed by atoms with Gasteiger partial charge in [-0.05, 0) is 31.4 Å². The van der Waals surface area contributed by atoms with Gasteiger partial charge in [-0.1, -0.05) is 11.6 Å². The van der Waals surface area contributed by atoms with Crippen molar-refractivity contribution in [3.8, 4) is 0 Å². The zero-order valence-corrected chi connectivity index (χ0v) is 9.65. The van der Waals surface area contributed by atoms with E-state index in [9.17, 15) is 0 Å². The largest absolute Gasteiger partial charge is 0.370 e. The number of hydrogen-bond acceptors (Lipinski definition) is 2. The summed E-state index contributed by atoms with van der Waals surface area (Å²) in [5.41, 5.74) is 0.952. The second kappa shape index (κ2) is 4.07. The lowest BCUT2D eigenvalue weighted by Crippen LogP contribution is -2.14. The molecule has 3 heterocycles. The van der Waals surface area contributed by atoms with Crippen molar-refractivity contribution in [2.45, 2.75) is 25.4 Å². The number of aromatic nitrogens is 2. The maximum absolute atomic E-state index is 6.11. The van der Waals surface area contributed by atoms with Crippen molar-refractivity contribution in [1.82, 2.24) is 9.38 Å². The van der Waals surface area contributed by atoms with Gasteiger partial charge in [0, 0.05) is 12.8 Å². The van der Waals surface area contributed by atoms with Crippen molar-refractivity contribution in [1.29, 1.82) is 0 Å². The van der Waals surface area contributed by atoms with Crippen molar-refractivity contribution >= 4 is 17.1 Å². The molecule has 0 radical (unpaired) electrons. The van der Waals surface area contributed by atoms with Crippen LogP contribution in [-0.2, 0) is 4.74 Å². The molecule has 0 spiro atoms. The zero-order chi connectivity index (χ0) is 11.0. The molecule has 2 aromatic rings. The van der Waals surface area contributed by atoms with E-state index in [4.69, 9.17) is 16.3 Å². The maximum Gasteiger partial charge on any atom is 0.142 e. The summed E-state index contributed by atoms with van der Waals surface area (Å²) < 4.78 is 7.77. The minimum Gasteiger partial charge on any atom is -0.370 e. The van der Waals surface area contributed by atoms with Crippen LogP contribution in [0.1, 0.15) is 31.2 Å². The number of ether oxygens (including phenoxy) is 1. The Bertz CT molecular complexity index is 503. The molecule has 0 bridgehead atoms. The standard InChI is InChI=1S/C12H13ClN2O/c13-9-4-3-6-15-10(9)8-14-12(15)11-5-1-2-7-16-11/h3-4,6,8,11H,1-2,5,7H2. The lowest BCUT2D eigenvalue weighted by molar-refractivity contribution is 0.00916. The predicted octanol–water partition coefficient (Wildman–Crippen LogP) is 3.23. The van der Waals surface area contributed by atoms with Gasteiger partial charge in [0.05, 0.1) is 16.7 Å². The summed E-state index contributed by atoms with van der Waals surface area (Å²) in [6, 6.07) is 3.81. The van der Waals surface area contributed by atoms with E-state index in [0.29, 0.717) is 0 Å². The first kappa shape index (κ1) is 10.1. The predicted molar refractivity (Wildman–Crippen MR) is 62.7 cm³/mol. The molecule has 1 aliphatic rings. The first-order valence-electron chi connectivity index (χ1n) is 5.59. The third kappa shape index (κ3) is 1.60. The summed E-state index contributed by atoms with van der Waals surface area (Å²) >= 11 is 6.11. The molecular formula is C12H13ClN2O. The van der Waals surface area contributed by atoms with E-state index in [-0.39, 0.29) is 6.10 Å². The Hall–Kier alpha value is -1.06. The molecule has 0 N–H and O–H groups in total. The summed E-state index contributed by atoms with van der Waals surface area (Å²) in [7, 11) is 0. The Morgan fingerprint density at radius 3 is 3.19 bits per heavy atom. The molecule has 4 heteroatoms. The molecule has 0 amide bonds. The van der Waals surface area contributed by atoms with E-state index < -0.39 is 0 Å². The van der Waals surface area contributed by atoms with Gasteiger partial charge in [0.1, 0.15) is 11.9 Å². The number of rotatable bonds is 1. The van der Waals surface area contributed by atoms with Crippen LogP contribution in [0.15, 0.2) is 24.5 Å². The molecule has 2 aromatic heterocycles. The third-order valence-electron chi connectivity index (χ3n) is 3.02. The van der Waals surface area contributed by atoms with Gasteiger partial charge in [-0.25, -0.2) is 4.98 Å². The van der Waals surface area contributed by atoms with Crippen molar-refractivity contribution < 1.29 is 4.74 Å². The number of pyridine rings is 1. The molecule has 1 fully saturated rings. The second-order valence-corrected chi connectivity index (χ2v) is 4.49. The smallest absolute Gasteiger partial charge is 0.142 e. The third-order valence-corrected chi connectivity index (χ3v) is 3.34. The summed E-state index contributed by atoms with van der Waals surface area (Å²) in [5.74, 6) is 0.970. The zero-order valence-electron chi connectivity index (χ0n) is 8.90. The Kier molecular flexibility index (Phi) is 2.58. The van der Waals surface area contributed by atoms with Crippen LogP contribution in [0.3, 0.4) is 0 Å². The number of hydrogen-bond donors (Lipinski definition) is 0. The fraction of sp³-hybridized carbons (Fsp3) is 0.417. The topological polar surface area (TPSA) is 26.5 Å². The van der Waals surface area contributed by atoms with Gasteiger partial charge in [0.25, 0.3) is 0 Å². The Morgan fingerprint density at radius 2 is 2.38 bits per heavy atom. The molecule has 84 valence electrons. The summed E-state index contributed by atoms with van der Waals surface area (Å²) in [4.78, 5) is 4.43. The van der Waals surface area contributed by atoms with Gasteiger partial charge < -0.3 is 9.14 Å². The van der Waals surface area contributed by atoms with E-state index in [0.717, 1.165) is 35.8 Å².